The quantitative estimate of drug-likeness (QED) is 0.0600. The molecule has 0 saturated carbocycles. The highest BCUT2D eigenvalue weighted by atomic mass is 19.2. The van der Waals surface area contributed by atoms with E-state index in [2.05, 4.69) is 45.6 Å². The zero-order chi connectivity index (χ0) is 45.7. The van der Waals surface area contributed by atoms with Gasteiger partial charge in [0, 0.05) is 11.3 Å². The van der Waals surface area contributed by atoms with E-state index >= 15 is 39.5 Å². The van der Waals surface area contributed by atoms with E-state index in [4.69, 9.17) is 0 Å². The van der Waals surface area contributed by atoms with Crippen molar-refractivity contribution in [2.24, 2.45) is 25.0 Å². The molecule has 10 rings (SSSR count). The highest BCUT2D eigenvalue weighted by Gasteiger charge is 2.50. The zero-order valence-corrected chi connectivity index (χ0v) is 31.2. The van der Waals surface area contributed by atoms with Gasteiger partial charge in [0.2, 0.25) is 5.83 Å². The lowest BCUT2D eigenvalue weighted by atomic mass is 9.95. The number of halogens is 15. The first-order valence-electron chi connectivity index (χ1n) is 17.9. The molecule has 4 N–H and O–H groups in total. The molecule has 9 nitrogen and oxygen atoms in total. The van der Waals surface area contributed by atoms with Crippen LogP contribution in [0.3, 0.4) is 0 Å². The number of fused-ring (bicyclic) bond motifs is 18. The van der Waals surface area contributed by atoms with Crippen LogP contribution in [0, 0.1) is 77.8 Å². The fourth-order valence-corrected chi connectivity index (χ4v) is 7.73. The monoisotopic (exact) mass is 905 g/mol. The number of allylic oxidation sites excluding steroid dienone is 1. The Morgan fingerprint density at radius 2 is 1.09 bits per heavy atom. The summed E-state index contributed by atoms with van der Waals surface area (Å²) in [5.41, 5.74) is -7.12. The molecule has 3 aliphatic heterocycles. The number of H-pyrrole nitrogens is 2. The Morgan fingerprint density at radius 1 is 0.547 bits per heavy atom. The molecule has 1 atom stereocenters. The van der Waals surface area contributed by atoms with E-state index in [0.29, 0.717) is 0 Å². The predicted molar refractivity (Wildman–Crippen MR) is 197 cm³/mol. The minimum atomic E-state index is -4.05. The summed E-state index contributed by atoms with van der Waals surface area (Å²) in [5.74, 6) is -44.6. The molecule has 4 aliphatic rings. The van der Waals surface area contributed by atoms with Crippen LogP contribution < -0.4 is 21.3 Å². The summed E-state index contributed by atoms with van der Waals surface area (Å²) in [6.45, 7) is 2.81. The average Bonchev–Trinajstić information content (AvgIpc) is 4.00. The summed E-state index contributed by atoms with van der Waals surface area (Å²) in [7, 11) is 0. The molecule has 324 valence electrons. The molecule has 2 aromatic heterocycles. The van der Waals surface area contributed by atoms with Crippen LogP contribution in [0.1, 0.15) is 38.9 Å². The van der Waals surface area contributed by atoms with Crippen LogP contribution >= 0.6 is 0 Å². The lowest BCUT2D eigenvalue weighted by molar-refractivity contribution is 0.200. The zero-order valence-electron chi connectivity index (χ0n) is 31.2. The number of rotatable bonds is 2. The van der Waals surface area contributed by atoms with Gasteiger partial charge >= 0.3 is 0 Å². The second-order valence-electron chi connectivity index (χ2n) is 14.3. The van der Waals surface area contributed by atoms with Crippen LogP contribution in [-0.4, -0.2) is 33.3 Å². The van der Waals surface area contributed by atoms with Crippen molar-refractivity contribution in [3.63, 3.8) is 0 Å². The number of anilines is 2. The molecule has 0 spiro atoms. The number of nitrogens with one attached hydrogen (secondary N) is 4. The molecule has 0 amide bonds. The smallest absolute Gasteiger partial charge is 0.265 e. The number of aryl methyl sites for hydroxylation is 2. The molecule has 24 heteroatoms. The van der Waals surface area contributed by atoms with Crippen molar-refractivity contribution in [3.05, 3.63) is 150 Å². The molecular formula is C40H14F15N9. The van der Waals surface area contributed by atoms with Gasteiger partial charge in [-0.2, -0.15) is 0 Å². The molecule has 8 bridgehead atoms. The Hall–Kier alpha value is -7.66. The maximum absolute atomic E-state index is 17.8. The number of para-hydroxylation sites is 1. The number of amidine groups is 4. The maximum Gasteiger partial charge on any atom is 0.265 e. The molecule has 1 unspecified atom stereocenters. The van der Waals surface area contributed by atoms with Crippen molar-refractivity contribution in [1.82, 2.24) is 9.97 Å². The van der Waals surface area contributed by atoms with E-state index in [1.807, 2.05) is 0 Å². The van der Waals surface area contributed by atoms with Gasteiger partial charge in [0.15, 0.2) is 93.2 Å². The normalized spacial score (nSPS) is 19.6. The predicted octanol–water partition coefficient (Wildman–Crippen LogP) is 9.54. The molecule has 0 radical (unpaired) electrons. The van der Waals surface area contributed by atoms with Crippen molar-refractivity contribution >= 4 is 63.1 Å². The molecule has 5 heterocycles. The van der Waals surface area contributed by atoms with Gasteiger partial charge in [0.05, 0.1) is 38.2 Å². The van der Waals surface area contributed by atoms with Gasteiger partial charge in [-0.25, -0.2) is 90.8 Å². The van der Waals surface area contributed by atoms with Crippen LogP contribution in [0.4, 0.5) is 89.0 Å². The Labute approximate surface area is 343 Å². The average molecular weight is 906 g/mol. The second-order valence-corrected chi connectivity index (χ2v) is 14.3. The van der Waals surface area contributed by atoms with Crippen LogP contribution in [-0.2, 0) is 5.79 Å². The van der Waals surface area contributed by atoms with Crippen molar-refractivity contribution in [2.75, 3.05) is 10.6 Å². The van der Waals surface area contributed by atoms with Crippen molar-refractivity contribution in [2.45, 2.75) is 19.6 Å². The minimum absolute atomic E-state index is 0.200. The van der Waals surface area contributed by atoms with Crippen molar-refractivity contribution in [3.8, 4) is 0 Å². The van der Waals surface area contributed by atoms with Gasteiger partial charge in [-0.05, 0) is 31.0 Å². The standard InChI is InChI=1S/C40H14F15N9/c1-7-4-3-5-8(2)30(7)64-40(55)17-16(24(48)29(53)31(40)54)38-57-32-9-6-10(41)18(42)19(43)11(9)33(56-32)58-34-12-13(21(45)26(50)25(49)20(12)44)35(59-34)60-36-14-15(37(61-36)62-39(17)63-38)23(47)28(52)27(51)22(14)46/h3-6,59,64H,1-2H3,(H,60,61,62)(H,56,57,58,63). The fourth-order valence-electron chi connectivity index (χ4n) is 7.73. The third-order valence-electron chi connectivity index (χ3n) is 10.7. The van der Waals surface area contributed by atoms with Gasteiger partial charge in [0.25, 0.3) is 5.79 Å². The summed E-state index contributed by atoms with van der Waals surface area (Å²) in [6.07, 6.45) is 0. The number of nitrogens with zero attached hydrogens (tertiary/aromatic N) is 5. The topological polar surface area (TPSA) is 117 Å². The number of hydrogen-bond donors (Lipinski definition) is 4. The van der Waals surface area contributed by atoms with E-state index in [1.54, 1.807) is 0 Å². The van der Waals surface area contributed by atoms with Crippen molar-refractivity contribution in [1.29, 1.82) is 0 Å². The largest absolute Gasteiger partial charge is 0.343 e. The Balaban J connectivity index is 1.38. The Bertz CT molecular complexity index is 3530. The molecule has 1 aliphatic carbocycles. The Morgan fingerprint density at radius 3 is 1.70 bits per heavy atom. The summed E-state index contributed by atoms with van der Waals surface area (Å²) in [4.78, 5) is 23.5. The van der Waals surface area contributed by atoms with E-state index < -0.39 is 177 Å². The highest BCUT2D eigenvalue weighted by molar-refractivity contribution is 6.27. The van der Waals surface area contributed by atoms with Crippen LogP contribution in [0.5, 0.6) is 0 Å². The van der Waals surface area contributed by atoms with E-state index in [-0.39, 0.29) is 22.9 Å². The summed E-state index contributed by atoms with van der Waals surface area (Å²) in [5, 5.41) is 0.224. The molecule has 64 heavy (non-hydrogen) atoms. The molecule has 6 aromatic rings. The lowest BCUT2D eigenvalue weighted by Gasteiger charge is -2.30. The first-order valence-corrected chi connectivity index (χ1v) is 17.9. The first kappa shape index (κ1) is 40.4. The minimum Gasteiger partial charge on any atom is -0.343 e. The number of alkyl halides is 1. The maximum atomic E-state index is 17.8. The number of aromatic amines is 2. The summed E-state index contributed by atoms with van der Waals surface area (Å²) in [6, 6.07) is 4.58. The van der Waals surface area contributed by atoms with E-state index in [1.165, 1.54) is 32.0 Å². The Kier molecular flexibility index (Phi) is 8.48. The molecule has 0 fully saturated rings. The first-order chi connectivity index (χ1) is 30.2. The summed E-state index contributed by atoms with van der Waals surface area (Å²) < 4.78 is 234. The number of hydrogen-bond acceptors (Lipinski definition) is 7. The van der Waals surface area contributed by atoms with Gasteiger partial charge in [-0.3, -0.25) is 0 Å². The SMILES string of the molecule is Cc1cccc(C)c1NC1(F)C(F)=C(F)C(F)=c2c1c1[nH]/c2=N\C2=NC(=N\c3[nH]c(c4c(F)c(F)c(F)c(F)c34)/N=C3\N=C(N1)c1c(F)c(F)c(F)c(F)c13)/c1c2cc(F)c(F)c1F. The highest BCUT2D eigenvalue weighted by Crippen LogP contribution is 2.46. The number of benzene rings is 4. The number of aliphatic imine (C=N–C) groups is 4. The van der Waals surface area contributed by atoms with Crippen LogP contribution in [0.2, 0.25) is 0 Å². The second kappa shape index (κ2) is 13.4. The summed E-state index contributed by atoms with van der Waals surface area (Å²) >= 11 is 0. The lowest BCUT2D eigenvalue weighted by Crippen LogP contribution is -2.43. The molecule has 4 aromatic carbocycles. The van der Waals surface area contributed by atoms with Gasteiger partial charge in [-0.15, -0.1) is 0 Å². The van der Waals surface area contributed by atoms with Gasteiger partial charge < -0.3 is 20.6 Å². The third-order valence-corrected chi connectivity index (χ3v) is 10.7. The van der Waals surface area contributed by atoms with Gasteiger partial charge in [0.1, 0.15) is 28.8 Å². The third kappa shape index (κ3) is 5.27. The van der Waals surface area contributed by atoms with Gasteiger partial charge in [-0.1, -0.05) is 18.2 Å². The van der Waals surface area contributed by atoms with Crippen LogP contribution in [0.15, 0.2) is 60.9 Å². The van der Waals surface area contributed by atoms with Crippen molar-refractivity contribution < 1.29 is 65.9 Å². The van der Waals surface area contributed by atoms with E-state index in [0.717, 1.165) is 0 Å². The number of aromatic nitrogens is 2. The molecule has 0 saturated heterocycles. The van der Waals surface area contributed by atoms with E-state index in [9.17, 15) is 26.3 Å². The molecular weight excluding hydrogens is 891 g/mol. The van der Waals surface area contributed by atoms with Crippen LogP contribution in [0.25, 0.3) is 16.6 Å². The fraction of sp³-hybridized carbons (Fsp3) is 0.0750.